The lowest BCUT2D eigenvalue weighted by atomic mass is 9.43. The normalized spacial score (nSPS) is 47.7. The van der Waals surface area contributed by atoms with Gasteiger partial charge in [-0.1, -0.05) is 26.7 Å². The van der Waals surface area contributed by atoms with Crippen molar-refractivity contribution in [3.8, 4) is 0 Å². The molecule has 0 spiro atoms. The minimum absolute atomic E-state index is 0.684. The number of rotatable bonds is 6. The van der Waals surface area contributed by atoms with E-state index in [1.165, 1.54) is 38.6 Å². The number of hydrogen-bond acceptors (Lipinski definition) is 1. The Hall–Kier alpha value is -0.0400. The van der Waals surface area contributed by atoms with Gasteiger partial charge < -0.3 is 5.32 Å². The van der Waals surface area contributed by atoms with E-state index in [2.05, 4.69) is 19.2 Å². The SMILES string of the molecule is CCNC(CCC1CC1)C12CC3CC(CC(C)(C3)C1)C2. The molecule has 5 fully saturated rings. The molecule has 1 N–H and O–H groups in total. The summed E-state index contributed by atoms with van der Waals surface area (Å²) in [6, 6.07) is 0.832. The Morgan fingerprint density at radius 1 is 1.10 bits per heavy atom. The molecule has 3 atom stereocenters. The van der Waals surface area contributed by atoms with Crippen molar-refractivity contribution in [3.63, 3.8) is 0 Å². The maximum Gasteiger partial charge on any atom is 0.0124 e. The van der Waals surface area contributed by atoms with Gasteiger partial charge in [0.25, 0.3) is 0 Å². The molecule has 0 aliphatic heterocycles. The van der Waals surface area contributed by atoms with Gasteiger partial charge in [0.1, 0.15) is 0 Å². The summed E-state index contributed by atoms with van der Waals surface area (Å²) in [5.41, 5.74) is 1.39. The Morgan fingerprint density at radius 2 is 1.80 bits per heavy atom. The maximum atomic E-state index is 3.94. The second-order valence-electron chi connectivity index (χ2n) is 9.27. The second kappa shape index (κ2) is 4.73. The molecule has 0 aromatic heterocycles. The third kappa shape index (κ3) is 2.34. The predicted octanol–water partition coefficient (Wildman–Crippen LogP) is 4.76. The highest BCUT2D eigenvalue weighted by Gasteiger charge is 2.58. The van der Waals surface area contributed by atoms with Crippen molar-refractivity contribution in [1.82, 2.24) is 5.32 Å². The molecule has 20 heavy (non-hydrogen) atoms. The first-order valence-corrected chi connectivity index (χ1v) is 9.34. The quantitative estimate of drug-likeness (QED) is 0.737. The Kier molecular flexibility index (Phi) is 3.22. The summed E-state index contributed by atoms with van der Waals surface area (Å²) < 4.78 is 0. The minimum atomic E-state index is 0.684. The summed E-state index contributed by atoms with van der Waals surface area (Å²) in [6.45, 7) is 6.10. The van der Waals surface area contributed by atoms with Crippen molar-refractivity contribution in [3.05, 3.63) is 0 Å². The maximum absolute atomic E-state index is 3.94. The lowest BCUT2D eigenvalue weighted by molar-refractivity contribution is -0.119. The average molecular weight is 275 g/mol. The van der Waals surface area contributed by atoms with E-state index in [0.29, 0.717) is 10.8 Å². The van der Waals surface area contributed by atoms with Crippen LogP contribution in [0.2, 0.25) is 0 Å². The predicted molar refractivity (Wildman–Crippen MR) is 84.6 cm³/mol. The van der Waals surface area contributed by atoms with Crippen LogP contribution in [0.25, 0.3) is 0 Å². The molecule has 0 saturated heterocycles. The van der Waals surface area contributed by atoms with E-state index < -0.39 is 0 Å². The van der Waals surface area contributed by atoms with Crippen LogP contribution >= 0.6 is 0 Å². The summed E-state index contributed by atoms with van der Waals surface area (Å²) in [4.78, 5) is 0. The highest BCUT2D eigenvalue weighted by molar-refractivity contribution is 5.10. The fraction of sp³-hybridized carbons (Fsp3) is 1.00. The van der Waals surface area contributed by atoms with Crippen LogP contribution < -0.4 is 5.32 Å². The van der Waals surface area contributed by atoms with E-state index in [4.69, 9.17) is 0 Å². The van der Waals surface area contributed by atoms with E-state index >= 15 is 0 Å². The van der Waals surface area contributed by atoms with Crippen LogP contribution in [0.1, 0.15) is 78.1 Å². The summed E-state index contributed by atoms with van der Waals surface area (Å²) in [5, 5.41) is 3.94. The van der Waals surface area contributed by atoms with Gasteiger partial charge in [0.15, 0.2) is 0 Å². The first kappa shape index (κ1) is 13.6. The molecule has 0 heterocycles. The van der Waals surface area contributed by atoms with Crippen LogP contribution in [0.4, 0.5) is 0 Å². The van der Waals surface area contributed by atoms with E-state index in [1.807, 2.05) is 0 Å². The highest BCUT2D eigenvalue weighted by atomic mass is 14.9. The topological polar surface area (TPSA) is 12.0 Å². The molecule has 4 bridgehead atoms. The molecule has 1 heteroatoms. The summed E-state index contributed by atoms with van der Waals surface area (Å²) in [6.07, 6.45) is 15.3. The van der Waals surface area contributed by atoms with Crippen molar-refractivity contribution in [2.75, 3.05) is 6.54 Å². The summed E-state index contributed by atoms with van der Waals surface area (Å²) in [5.74, 6) is 3.24. The van der Waals surface area contributed by atoms with Crippen molar-refractivity contribution >= 4 is 0 Å². The van der Waals surface area contributed by atoms with Crippen molar-refractivity contribution in [1.29, 1.82) is 0 Å². The standard InChI is InChI=1S/C19H33N/c1-3-20-17(7-6-14-4-5-14)19-11-15-8-16(12-19)10-18(2,9-15)13-19/h14-17,20H,3-13H2,1-2H3. The minimum Gasteiger partial charge on any atom is -0.314 e. The Balaban J connectivity index is 1.53. The van der Waals surface area contributed by atoms with Gasteiger partial charge in [-0.2, -0.15) is 0 Å². The first-order chi connectivity index (χ1) is 9.61. The molecule has 0 aromatic carbocycles. The van der Waals surface area contributed by atoms with E-state index in [0.717, 1.165) is 23.8 Å². The van der Waals surface area contributed by atoms with Gasteiger partial charge >= 0.3 is 0 Å². The zero-order valence-electron chi connectivity index (χ0n) is 13.6. The molecule has 1 nitrogen and oxygen atoms in total. The molecule has 5 aliphatic carbocycles. The second-order valence-corrected chi connectivity index (χ2v) is 9.27. The molecule has 0 radical (unpaired) electrons. The van der Waals surface area contributed by atoms with E-state index in [9.17, 15) is 0 Å². The fourth-order valence-corrected chi connectivity index (χ4v) is 6.89. The molecule has 3 unspecified atom stereocenters. The summed E-state index contributed by atoms with van der Waals surface area (Å²) in [7, 11) is 0. The van der Waals surface area contributed by atoms with Gasteiger partial charge in [0.2, 0.25) is 0 Å². The van der Waals surface area contributed by atoms with Gasteiger partial charge in [-0.05, 0) is 86.5 Å². The van der Waals surface area contributed by atoms with Crippen molar-refractivity contribution in [2.24, 2.45) is 28.6 Å². The molecule has 5 saturated carbocycles. The van der Waals surface area contributed by atoms with E-state index in [1.54, 1.807) is 32.1 Å². The van der Waals surface area contributed by atoms with Crippen molar-refractivity contribution in [2.45, 2.75) is 84.1 Å². The van der Waals surface area contributed by atoms with Gasteiger partial charge in [0, 0.05) is 6.04 Å². The van der Waals surface area contributed by atoms with Crippen LogP contribution in [0.3, 0.4) is 0 Å². The summed E-state index contributed by atoms with van der Waals surface area (Å²) >= 11 is 0. The van der Waals surface area contributed by atoms with Crippen LogP contribution in [0.15, 0.2) is 0 Å². The fourth-order valence-electron chi connectivity index (χ4n) is 6.89. The molecule has 0 aromatic rings. The molecular formula is C19H33N. The third-order valence-electron chi connectivity index (χ3n) is 7.15. The lowest BCUT2D eigenvalue weighted by Gasteiger charge is -2.63. The highest BCUT2D eigenvalue weighted by Crippen LogP contribution is 2.66. The Morgan fingerprint density at radius 3 is 2.35 bits per heavy atom. The first-order valence-electron chi connectivity index (χ1n) is 9.34. The van der Waals surface area contributed by atoms with Crippen LogP contribution in [-0.4, -0.2) is 12.6 Å². The molecule has 5 rings (SSSR count). The molecule has 0 amide bonds. The van der Waals surface area contributed by atoms with Crippen LogP contribution in [0, 0.1) is 28.6 Å². The van der Waals surface area contributed by atoms with Crippen LogP contribution in [0.5, 0.6) is 0 Å². The number of nitrogens with one attached hydrogen (secondary N) is 1. The molecule has 114 valence electrons. The zero-order valence-corrected chi connectivity index (χ0v) is 13.6. The molecular weight excluding hydrogens is 242 g/mol. The largest absolute Gasteiger partial charge is 0.314 e. The zero-order chi connectivity index (χ0) is 13.8. The van der Waals surface area contributed by atoms with Crippen LogP contribution in [-0.2, 0) is 0 Å². The Labute approximate surface area is 125 Å². The monoisotopic (exact) mass is 275 g/mol. The molecule has 5 aliphatic rings. The lowest BCUT2D eigenvalue weighted by Crippen LogP contribution is -2.58. The Bertz CT molecular complexity index is 356. The van der Waals surface area contributed by atoms with E-state index in [-0.39, 0.29) is 0 Å². The van der Waals surface area contributed by atoms with Gasteiger partial charge in [-0.3, -0.25) is 0 Å². The number of hydrogen-bond donors (Lipinski definition) is 1. The average Bonchev–Trinajstić information content (AvgIpc) is 3.15. The van der Waals surface area contributed by atoms with Gasteiger partial charge in [-0.15, -0.1) is 0 Å². The van der Waals surface area contributed by atoms with Gasteiger partial charge in [-0.25, -0.2) is 0 Å². The smallest absolute Gasteiger partial charge is 0.0124 e. The van der Waals surface area contributed by atoms with Gasteiger partial charge in [0.05, 0.1) is 0 Å². The van der Waals surface area contributed by atoms with Crippen molar-refractivity contribution < 1.29 is 0 Å². The third-order valence-corrected chi connectivity index (χ3v) is 7.15.